The van der Waals surface area contributed by atoms with Gasteiger partial charge in [0.1, 0.15) is 0 Å². The molecule has 0 saturated carbocycles. The lowest BCUT2D eigenvalue weighted by Crippen LogP contribution is -2.44. The minimum atomic E-state index is 0.650. The van der Waals surface area contributed by atoms with E-state index < -0.39 is 0 Å². The molecule has 20 heavy (non-hydrogen) atoms. The molecular formula is C17H35N3. The monoisotopic (exact) mass is 281 g/mol. The maximum atomic E-state index is 3.54. The number of rotatable bonds is 7. The fourth-order valence-corrected chi connectivity index (χ4v) is 4.00. The number of hydrogen-bond donors (Lipinski definition) is 1. The summed E-state index contributed by atoms with van der Waals surface area (Å²) in [7, 11) is 0. The van der Waals surface area contributed by atoms with Crippen LogP contribution in [0.5, 0.6) is 0 Å². The Morgan fingerprint density at radius 1 is 1.05 bits per heavy atom. The Bertz CT molecular complexity index is 255. The lowest BCUT2D eigenvalue weighted by Gasteiger charge is -2.38. The predicted molar refractivity (Wildman–Crippen MR) is 87.2 cm³/mol. The smallest absolute Gasteiger partial charge is 0.00816 e. The molecule has 118 valence electrons. The highest BCUT2D eigenvalue weighted by atomic mass is 15.2. The van der Waals surface area contributed by atoms with E-state index in [9.17, 15) is 0 Å². The molecule has 0 bridgehead atoms. The van der Waals surface area contributed by atoms with E-state index in [1.54, 1.807) is 0 Å². The van der Waals surface area contributed by atoms with Gasteiger partial charge in [-0.2, -0.15) is 0 Å². The van der Waals surface area contributed by atoms with E-state index in [1.807, 2.05) is 0 Å². The summed E-state index contributed by atoms with van der Waals surface area (Å²) in [6.07, 6.45) is 6.97. The summed E-state index contributed by atoms with van der Waals surface area (Å²) in [6.45, 7) is 14.7. The fraction of sp³-hybridized carbons (Fsp3) is 1.00. The van der Waals surface area contributed by atoms with Gasteiger partial charge in [0.05, 0.1) is 0 Å². The Kier molecular flexibility index (Phi) is 6.79. The van der Waals surface area contributed by atoms with Crippen LogP contribution in [0.4, 0.5) is 0 Å². The molecule has 0 aliphatic carbocycles. The van der Waals surface area contributed by atoms with E-state index in [0.29, 0.717) is 6.04 Å². The number of nitrogens with one attached hydrogen (secondary N) is 1. The van der Waals surface area contributed by atoms with Crippen LogP contribution < -0.4 is 5.32 Å². The van der Waals surface area contributed by atoms with Gasteiger partial charge in [-0.3, -0.25) is 0 Å². The fourth-order valence-electron chi connectivity index (χ4n) is 4.00. The first-order valence-electron chi connectivity index (χ1n) is 8.88. The molecule has 0 amide bonds. The van der Waals surface area contributed by atoms with E-state index in [2.05, 4.69) is 35.9 Å². The molecule has 2 heterocycles. The molecule has 0 radical (unpaired) electrons. The van der Waals surface area contributed by atoms with Crippen molar-refractivity contribution in [2.75, 3.05) is 39.3 Å². The van der Waals surface area contributed by atoms with Crippen molar-refractivity contribution >= 4 is 0 Å². The molecule has 2 saturated heterocycles. The summed E-state index contributed by atoms with van der Waals surface area (Å²) in [5.41, 5.74) is 0. The summed E-state index contributed by atoms with van der Waals surface area (Å²) in [5.74, 6) is 0.961. The van der Waals surface area contributed by atoms with Gasteiger partial charge in [0.15, 0.2) is 0 Å². The normalized spacial score (nSPS) is 25.9. The maximum absolute atomic E-state index is 3.54. The van der Waals surface area contributed by atoms with Crippen molar-refractivity contribution in [1.29, 1.82) is 0 Å². The Balaban J connectivity index is 1.65. The third-order valence-corrected chi connectivity index (χ3v) is 5.23. The van der Waals surface area contributed by atoms with Crippen molar-refractivity contribution in [1.82, 2.24) is 15.1 Å². The topological polar surface area (TPSA) is 18.5 Å². The lowest BCUT2D eigenvalue weighted by atomic mass is 9.94. The zero-order valence-electron chi connectivity index (χ0n) is 13.9. The lowest BCUT2D eigenvalue weighted by molar-refractivity contribution is 0.113. The predicted octanol–water partition coefficient (Wildman–Crippen LogP) is 2.57. The van der Waals surface area contributed by atoms with Gasteiger partial charge in [-0.05, 0) is 84.6 Å². The second-order valence-electron chi connectivity index (χ2n) is 7.03. The van der Waals surface area contributed by atoms with Crippen LogP contribution in [-0.2, 0) is 0 Å². The minimum Gasteiger partial charge on any atom is -0.314 e. The van der Waals surface area contributed by atoms with Crippen molar-refractivity contribution in [3.05, 3.63) is 0 Å². The molecule has 0 spiro atoms. The Hall–Kier alpha value is -0.120. The minimum absolute atomic E-state index is 0.650. The Morgan fingerprint density at radius 3 is 2.30 bits per heavy atom. The quantitative estimate of drug-likeness (QED) is 0.774. The highest BCUT2D eigenvalue weighted by molar-refractivity contribution is 4.81. The molecule has 2 aliphatic heterocycles. The molecule has 0 aromatic carbocycles. The van der Waals surface area contributed by atoms with Gasteiger partial charge in [-0.15, -0.1) is 0 Å². The average molecular weight is 281 g/mol. The van der Waals surface area contributed by atoms with Crippen molar-refractivity contribution in [3.63, 3.8) is 0 Å². The number of likely N-dealkylation sites (tertiary alicyclic amines) is 2. The van der Waals surface area contributed by atoms with E-state index >= 15 is 0 Å². The zero-order chi connectivity index (χ0) is 14.4. The molecule has 3 heteroatoms. The zero-order valence-corrected chi connectivity index (χ0v) is 13.9. The Labute approximate surface area is 126 Å². The van der Waals surface area contributed by atoms with Crippen LogP contribution >= 0.6 is 0 Å². The molecular weight excluding hydrogens is 246 g/mol. The van der Waals surface area contributed by atoms with Crippen LogP contribution in [-0.4, -0.2) is 61.2 Å². The SMILES string of the molecule is CCNC(C)CC(C)N1CCC(CN2CCCC2)CC1. The van der Waals surface area contributed by atoms with Crippen LogP contribution in [0.25, 0.3) is 0 Å². The molecule has 0 aromatic rings. The first-order chi connectivity index (χ1) is 9.69. The van der Waals surface area contributed by atoms with Crippen LogP contribution in [0.2, 0.25) is 0 Å². The molecule has 2 fully saturated rings. The van der Waals surface area contributed by atoms with Crippen LogP contribution in [0.15, 0.2) is 0 Å². The van der Waals surface area contributed by atoms with Gasteiger partial charge in [0.25, 0.3) is 0 Å². The van der Waals surface area contributed by atoms with Gasteiger partial charge >= 0.3 is 0 Å². The first-order valence-corrected chi connectivity index (χ1v) is 8.88. The highest BCUT2D eigenvalue weighted by Gasteiger charge is 2.25. The van der Waals surface area contributed by atoms with E-state index in [1.165, 1.54) is 64.8 Å². The maximum Gasteiger partial charge on any atom is 0.00816 e. The van der Waals surface area contributed by atoms with E-state index in [4.69, 9.17) is 0 Å². The molecule has 2 atom stereocenters. The van der Waals surface area contributed by atoms with Crippen molar-refractivity contribution < 1.29 is 0 Å². The van der Waals surface area contributed by atoms with Crippen LogP contribution in [0.1, 0.15) is 52.9 Å². The molecule has 1 N–H and O–H groups in total. The summed E-state index contributed by atoms with van der Waals surface area (Å²) in [5, 5.41) is 3.54. The molecule has 2 unspecified atom stereocenters. The van der Waals surface area contributed by atoms with Gasteiger partial charge in [-0.1, -0.05) is 6.92 Å². The Morgan fingerprint density at radius 2 is 1.70 bits per heavy atom. The first kappa shape index (κ1) is 16.3. The van der Waals surface area contributed by atoms with Gasteiger partial charge in [-0.25, -0.2) is 0 Å². The number of hydrogen-bond acceptors (Lipinski definition) is 3. The van der Waals surface area contributed by atoms with Gasteiger partial charge in [0.2, 0.25) is 0 Å². The second-order valence-corrected chi connectivity index (χ2v) is 7.03. The van der Waals surface area contributed by atoms with E-state index in [0.717, 1.165) is 18.5 Å². The van der Waals surface area contributed by atoms with Gasteiger partial charge in [0, 0.05) is 18.6 Å². The standard InChI is InChI=1S/C17H35N3/c1-4-18-15(2)13-16(3)20-11-7-17(8-12-20)14-19-9-5-6-10-19/h15-18H,4-14H2,1-3H3. The van der Waals surface area contributed by atoms with Crippen molar-refractivity contribution in [3.8, 4) is 0 Å². The summed E-state index contributed by atoms with van der Waals surface area (Å²) in [4.78, 5) is 5.41. The average Bonchev–Trinajstić information content (AvgIpc) is 2.92. The van der Waals surface area contributed by atoms with E-state index in [-0.39, 0.29) is 0 Å². The van der Waals surface area contributed by atoms with Crippen LogP contribution in [0, 0.1) is 5.92 Å². The second kappa shape index (κ2) is 8.35. The highest BCUT2D eigenvalue weighted by Crippen LogP contribution is 2.22. The van der Waals surface area contributed by atoms with Crippen LogP contribution in [0.3, 0.4) is 0 Å². The molecule has 2 aliphatic rings. The van der Waals surface area contributed by atoms with Gasteiger partial charge < -0.3 is 15.1 Å². The summed E-state index contributed by atoms with van der Waals surface area (Å²) in [6, 6.07) is 1.38. The molecule has 3 nitrogen and oxygen atoms in total. The third kappa shape index (κ3) is 5.01. The summed E-state index contributed by atoms with van der Waals surface area (Å²) >= 11 is 0. The number of nitrogens with zero attached hydrogens (tertiary/aromatic N) is 2. The molecule has 0 aromatic heterocycles. The largest absolute Gasteiger partial charge is 0.314 e. The third-order valence-electron chi connectivity index (χ3n) is 5.23. The van der Waals surface area contributed by atoms with Crippen molar-refractivity contribution in [2.24, 2.45) is 5.92 Å². The summed E-state index contributed by atoms with van der Waals surface area (Å²) < 4.78 is 0. The molecule has 2 rings (SSSR count). The number of piperidine rings is 1. The van der Waals surface area contributed by atoms with Crippen molar-refractivity contribution in [2.45, 2.75) is 65.0 Å².